The van der Waals surface area contributed by atoms with E-state index >= 15 is 0 Å². The van der Waals surface area contributed by atoms with Crippen LogP contribution in [0.15, 0.2) is 12.7 Å². The van der Waals surface area contributed by atoms with E-state index in [1.165, 1.54) is 6.08 Å². The van der Waals surface area contributed by atoms with Crippen molar-refractivity contribution >= 4 is 5.97 Å². The van der Waals surface area contributed by atoms with Crippen molar-refractivity contribution in [2.45, 2.75) is 26.0 Å². The molecule has 1 aliphatic heterocycles. The van der Waals surface area contributed by atoms with Crippen LogP contribution < -0.4 is 0 Å². The minimum atomic E-state index is -0.912. The summed E-state index contributed by atoms with van der Waals surface area (Å²) in [7, 11) is 0. The lowest BCUT2D eigenvalue weighted by atomic mass is 9.90. The average Bonchev–Trinajstić information content (AvgIpc) is 2.26. The van der Waals surface area contributed by atoms with Gasteiger partial charge in [-0.15, -0.1) is 6.58 Å². The van der Waals surface area contributed by atoms with Crippen LogP contribution in [0.5, 0.6) is 0 Å². The molecule has 0 aliphatic carbocycles. The maximum Gasteiger partial charge on any atom is 0.324 e. The number of aliphatic hydroxyl groups is 1. The second kappa shape index (κ2) is 3.71. The van der Waals surface area contributed by atoms with E-state index in [0.717, 1.165) is 0 Å². The third-order valence-corrected chi connectivity index (χ3v) is 2.79. The summed E-state index contributed by atoms with van der Waals surface area (Å²) in [5, 5.41) is 18.6. The molecule has 2 atom stereocenters. The van der Waals surface area contributed by atoms with Gasteiger partial charge in [0.05, 0.1) is 6.10 Å². The van der Waals surface area contributed by atoms with Gasteiger partial charge in [0, 0.05) is 18.5 Å². The third kappa shape index (κ3) is 1.96. The number of hydrogen-bond acceptors (Lipinski definition) is 3. The van der Waals surface area contributed by atoms with Gasteiger partial charge in [-0.25, -0.2) is 0 Å². The van der Waals surface area contributed by atoms with E-state index in [1.807, 2.05) is 13.8 Å². The zero-order chi connectivity index (χ0) is 10.9. The van der Waals surface area contributed by atoms with Crippen molar-refractivity contribution < 1.29 is 15.0 Å². The summed E-state index contributed by atoms with van der Waals surface area (Å²) < 4.78 is 0. The lowest BCUT2D eigenvalue weighted by Crippen LogP contribution is -2.38. The first kappa shape index (κ1) is 11.2. The highest BCUT2D eigenvalue weighted by Gasteiger charge is 2.41. The second-order valence-corrected chi connectivity index (χ2v) is 4.45. The molecule has 4 heteroatoms. The predicted molar refractivity (Wildman–Crippen MR) is 53.0 cm³/mol. The van der Waals surface area contributed by atoms with Gasteiger partial charge in [0.1, 0.15) is 6.04 Å². The Morgan fingerprint density at radius 1 is 1.71 bits per heavy atom. The van der Waals surface area contributed by atoms with Crippen LogP contribution in [-0.4, -0.2) is 46.3 Å². The highest BCUT2D eigenvalue weighted by atomic mass is 16.4. The maximum atomic E-state index is 10.8. The van der Waals surface area contributed by atoms with E-state index in [2.05, 4.69) is 6.58 Å². The quantitative estimate of drug-likeness (QED) is 0.643. The summed E-state index contributed by atoms with van der Waals surface area (Å²) in [4.78, 5) is 12.6. The van der Waals surface area contributed by atoms with Gasteiger partial charge in [0.15, 0.2) is 0 Å². The van der Waals surface area contributed by atoms with Gasteiger partial charge in [-0.1, -0.05) is 19.9 Å². The molecule has 2 N–H and O–H groups in total. The van der Waals surface area contributed by atoms with E-state index < -0.39 is 18.1 Å². The molecule has 0 aromatic rings. The van der Waals surface area contributed by atoms with Gasteiger partial charge in [-0.3, -0.25) is 9.69 Å². The molecule has 0 saturated carbocycles. The molecule has 0 aromatic heterocycles. The normalized spacial score (nSPS) is 28.6. The predicted octanol–water partition coefficient (Wildman–Crippen LogP) is 0.328. The highest BCUT2D eigenvalue weighted by molar-refractivity contribution is 5.75. The van der Waals surface area contributed by atoms with Gasteiger partial charge in [0.25, 0.3) is 0 Å². The SMILES string of the molecule is C=CC(C(=O)O)N1CC(O)C(C)(C)C1. The van der Waals surface area contributed by atoms with E-state index in [4.69, 9.17) is 5.11 Å². The van der Waals surface area contributed by atoms with E-state index in [-0.39, 0.29) is 5.41 Å². The van der Waals surface area contributed by atoms with Crippen LogP contribution in [0.3, 0.4) is 0 Å². The Hall–Kier alpha value is -0.870. The number of aliphatic hydroxyl groups excluding tert-OH is 1. The lowest BCUT2D eigenvalue weighted by Gasteiger charge is -2.23. The number of carbonyl (C=O) groups is 1. The summed E-state index contributed by atoms with van der Waals surface area (Å²) >= 11 is 0. The number of carboxylic acids is 1. The Bertz CT molecular complexity index is 250. The van der Waals surface area contributed by atoms with Crippen molar-refractivity contribution in [1.82, 2.24) is 4.90 Å². The average molecular weight is 199 g/mol. The van der Waals surface area contributed by atoms with Crippen LogP contribution in [0, 0.1) is 5.41 Å². The molecule has 14 heavy (non-hydrogen) atoms. The van der Waals surface area contributed by atoms with Crippen LogP contribution in [-0.2, 0) is 4.79 Å². The summed E-state index contributed by atoms with van der Waals surface area (Å²) in [5.41, 5.74) is -0.239. The molecular weight excluding hydrogens is 182 g/mol. The molecule has 2 unspecified atom stereocenters. The Morgan fingerprint density at radius 2 is 2.29 bits per heavy atom. The van der Waals surface area contributed by atoms with Crippen molar-refractivity contribution in [3.63, 3.8) is 0 Å². The molecule has 0 spiro atoms. The number of hydrogen-bond donors (Lipinski definition) is 2. The van der Waals surface area contributed by atoms with E-state index in [9.17, 15) is 9.90 Å². The molecule has 1 saturated heterocycles. The second-order valence-electron chi connectivity index (χ2n) is 4.45. The van der Waals surface area contributed by atoms with Crippen LogP contribution in [0.1, 0.15) is 13.8 Å². The Labute approximate surface area is 83.8 Å². The third-order valence-electron chi connectivity index (χ3n) is 2.79. The molecule has 1 aliphatic rings. The first-order valence-electron chi connectivity index (χ1n) is 4.66. The van der Waals surface area contributed by atoms with Crippen LogP contribution in [0.4, 0.5) is 0 Å². The zero-order valence-corrected chi connectivity index (χ0v) is 8.60. The number of carboxylic acid groups (broad SMARTS) is 1. The summed E-state index contributed by atoms with van der Waals surface area (Å²) in [6.07, 6.45) is 0.931. The fourth-order valence-electron chi connectivity index (χ4n) is 1.78. The van der Waals surface area contributed by atoms with Crippen LogP contribution in [0.2, 0.25) is 0 Å². The van der Waals surface area contributed by atoms with Crippen LogP contribution >= 0.6 is 0 Å². The molecular formula is C10H17NO3. The summed E-state index contributed by atoms with van der Waals surface area (Å²) in [6.45, 7) is 8.34. The fourth-order valence-corrected chi connectivity index (χ4v) is 1.78. The maximum absolute atomic E-state index is 10.8. The first-order valence-corrected chi connectivity index (χ1v) is 4.66. The molecule has 0 aromatic carbocycles. The highest BCUT2D eigenvalue weighted by Crippen LogP contribution is 2.30. The lowest BCUT2D eigenvalue weighted by molar-refractivity contribution is -0.141. The fraction of sp³-hybridized carbons (Fsp3) is 0.700. The van der Waals surface area contributed by atoms with Crippen molar-refractivity contribution in [1.29, 1.82) is 0 Å². The number of aliphatic carboxylic acids is 1. The molecule has 0 amide bonds. The number of likely N-dealkylation sites (tertiary alicyclic amines) is 1. The first-order chi connectivity index (χ1) is 6.38. The number of nitrogens with zero attached hydrogens (tertiary/aromatic N) is 1. The molecule has 80 valence electrons. The van der Waals surface area contributed by atoms with E-state index in [0.29, 0.717) is 13.1 Å². The number of rotatable bonds is 3. The Morgan fingerprint density at radius 3 is 2.57 bits per heavy atom. The van der Waals surface area contributed by atoms with Gasteiger partial charge in [-0.2, -0.15) is 0 Å². The minimum absolute atomic E-state index is 0.239. The zero-order valence-electron chi connectivity index (χ0n) is 8.60. The minimum Gasteiger partial charge on any atom is -0.480 e. The van der Waals surface area contributed by atoms with Gasteiger partial charge >= 0.3 is 5.97 Å². The van der Waals surface area contributed by atoms with Crippen molar-refractivity contribution in [2.75, 3.05) is 13.1 Å². The standard InChI is InChI=1S/C10H17NO3/c1-4-7(9(13)14)11-5-8(12)10(2,3)6-11/h4,7-8,12H,1,5-6H2,2-3H3,(H,13,14). The number of β-amino-alcohol motifs (C(OH)–C–C–N with tert-alkyl or cyclic N) is 1. The van der Waals surface area contributed by atoms with E-state index in [1.54, 1.807) is 4.90 Å². The molecule has 1 heterocycles. The topological polar surface area (TPSA) is 60.8 Å². The molecule has 4 nitrogen and oxygen atoms in total. The monoisotopic (exact) mass is 199 g/mol. The van der Waals surface area contributed by atoms with Gasteiger partial charge in [-0.05, 0) is 0 Å². The van der Waals surface area contributed by atoms with Gasteiger partial charge < -0.3 is 10.2 Å². The molecule has 1 fully saturated rings. The molecule has 0 radical (unpaired) electrons. The summed E-state index contributed by atoms with van der Waals surface area (Å²) in [6, 6.07) is -0.688. The molecule has 1 rings (SSSR count). The largest absolute Gasteiger partial charge is 0.480 e. The van der Waals surface area contributed by atoms with Gasteiger partial charge in [0.2, 0.25) is 0 Å². The smallest absolute Gasteiger partial charge is 0.324 e. The summed E-state index contributed by atoms with van der Waals surface area (Å²) in [5.74, 6) is -0.912. The van der Waals surface area contributed by atoms with Crippen molar-refractivity contribution in [3.8, 4) is 0 Å². The van der Waals surface area contributed by atoms with Crippen LogP contribution in [0.25, 0.3) is 0 Å². The van der Waals surface area contributed by atoms with Crippen molar-refractivity contribution in [3.05, 3.63) is 12.7 Å². The Kier molecular flexibility index (Phi) is 2.97. The Balaban J connectivity index is 2.73. The van der Waals surface area contributed by atoms with Crippen molar-refractivity contribution in [2.24, 2.45) is 5.41 Å². The molecule has 0 bridgehead atoms.